The van der Waals surface area contributed by atoms with Gasteiger partial charge in [-0.1, -0.05) is 6.07 Å². The van der Waals surface area contributed by atoms with Crippen molar-refractivity contribution in [3.05, 3.63) is 53.6 Å². The van der Waals surface area contributed by atoms with Crippen molar-refractivity contribution in [2.75, 3.05) is 12.4 Å². The summed E-state index contributed by atoms with van der Waals surface area (Å²) in [6.07, 6.45) is 0. The SMILES string of the molecule is COc1cccc(C#N)c1NC(=O)c1ccc(O)cc1. The summed E-state index contributed by atoms with van der Waals surface area (Å²) in [7, 11) is 1.46. The van der Waals surface area contributed by atoms with Crippen molar-refractivity contribution in [2.45, 2.75) is 0 Å². The van der Waals surface area contributed by atoms with Gasteiger partial charge in [0.05, 0.1) is 12.7 Å². The third kappa shape index (κ3) is 2.70. The zero-order chi connectivity index (χ0) is 14.5. The molecule has 0 saturated carbocycles. The van der Waals surface area contributed by atoms with E-state index in [0.29, 0.717) is 22.6 Å². The lowest BCUT2D eigenvalue weighted by molar-refractivity contribution is 0.102. The average Bonchev–Trinajstić information content (AvgIpc) is 2.48. The highest BCUT2D eigenvalue weighted by atomic mass is 16.5. The maximum Gasteiger partial charge on any atom is 0.255 e. The average molecular weight is 268 g/mol. The van der Waals surface area contributed by atoms with E-state index in [0.717, 1.165) is 0 Å². The molecule has 0 atom stereocenters. The number of phenols is 1. The number of benzene rings is 2. The van der Waals surface area contributed by atoms with Crippen LogP contribution in [-0.2, 0) is 0 Å². The van der Waals surface area contributed by atoms with Crippen molar-refractivity contribution in [1.29, 1.82) is 5.26 Å². The molecule has 2 rings (SSSR count). The van der Waals surface area contributed by atoms with Gasteiger partial charge in [0, 0.05) is 5.56 Å². The molecule has 2 aromatic rings. The summed E-state index contributed by atoms with van der Waals surface area (Å²) < 4.78 is 5.14. The second-order valence-corrected chi connectivity index (χ2v) is 4.00. The molecule has 0 radical (unpaired) electrons. The van der Waals surface area contributed by atoms with Crippen LogP contribution in [0.15, 0.2) is 42.5 Å². The van der Waals surface area contributed by atoms with Gasteiger partial charge in [-0.05, 0) is 36.4 Å². The number of aromatic hydroxyl groups is 1. The van der Waals surface area contributed by atoms with Crippen molar-refractivity contribution in [3.63, 3.8) is 0 Å². The lowest BCUT2D eigenvalue weighted by Crippen LogP contribution is -2.13. The number of nitrogens with one attached hydrogen (secondary N) is 1. The first-order valence-corrected chi connectivity index (χ1v) is 5.83. The Kier molecular flexibility index (Phi) is 3.87. The van der Waals surface area contributed by atoms with Crippen LogP contribution in [0.3, 0.4) is 0 Å². The van der Waals surface area contributed by atoms with Gasteiger partial charge in [0.25, 0.3) is 5.91 Å². The smallest absolute Gasteiger partial charge is 0.255 e. The summed E-state index contributed by atoms with van der Waals surface area (Å²) in [6, 6.07) is 12.8. The molecule has 5 nitrogen and oxygen atoms in total. The Balaban J connectivity index is 2.32. The van der Waals surface area contributed by atoms with Gasteiger partial charge in [-0.2, -0.15) is 5.26 Å². The number of para-hydroxylation sites is 1. The van der Waals surface area contributed by atoms with Crippen LogP contribution in [0.4, 0.5) is 5.69 Å². The Labute approximate surface area is 116 Å². The molecule has 0 aromatic heterocycles. The number of phenolic OH excluding ortho intramolecular Hbond substituents is 1. The molecule has 2 N–H and O–H groups in total. The fraction of sp³-hybridized carbons (Fsp3) is 0.0667. The summed E-state index contributed by atoms with van der Waals surface area (Å²) in [5.41, 5.74) is 1.02. The number of nitrogens with zero attached hydrogens (tertiary/aromatic N) is 1. The minimum absolute atomic E-state index is 0.0801. The largest absolute Gasteiger partial charge is 0.508 e. The number of nitriles is 1. The van der Waals surface area contributed by atoms with Gasteiger partial charge in [-0.15, -0.1) is 0 Å². The number of hydrogen-bond donors (Lipinski definition) is 2. The number of methoxy groups -OCH3 is 1. The van der Waals surface area contributed by atoms with E-state index < -0.39 is 0 Å². The molecule has 0 heterocycles. The lowest BCUT2D eigenvalue weighted by atomic mass is 10.1. The van der Waals surface area contributed by atoms with Gasteiger partial charge < -0.3 is 15.2 Å². The number of anilines is 1. The fourth-order valence-electron chi connectivity index (χ4n) is 1.72. The fourth-order valence-corrected chi connectivity index (χ4v) is 1.72. The summed E-state index contributed by atoms with van der Waals surface area (Å²) in [5.74, 6) is 0.110. The first-order chi connectivity index (χ1) is 9.65. The van der Waals surface area contributed by atoms with E-state index in [1.165, 1.54) is 31.4 Å². The molecule has 0 fully saturated rings. The number of carbonyl (C=O) groups excluding carboxylic acids is 1. The predicted molar refractivity (Wildman–Crippen MR) is 73.8 cm³/mol. The van der Waals surface area contributed by atoms with Crippen LogP contribution in [0.25, 0.3) is 0 Å². The van der Waals surface area contributed by atoms with Crippen molar-refractivity contribution in [3.8, 4) is 17.6 Å². The van der Waals surface area contributed by atoms with Crippen molar-refractivity contribution < 1.29 is 14.6 Å². The van der Waals surface area contributed by atoms with Gasteiger partial charge >= 0.3 is 0 Å². The monoisotopic (exact) mass is 268 g/mol. The summed E-state index contributed by atoms with van der Waals surface area (Å²) in [4.78, 5) is 12.1. The lowest BCUT2D eigenvalue weighted by Gasteiger charge is -2.11. The molecule has 2 aromatic carbocycles. The molecule has 0 aliphatic rings. The van der Waals surface area contributed by atoms with Crippen LogP contribution < -0.4 is 10.1 Å². The van der Waals surface area contributed by atoms with Gasteiger partial charge in [-0.3, -0.25) is 4.79 Å². The molecule has 100 valence electrons. The van der Waals surface area contributed by atoms with Crippen LogP contribution >= 0.6 is 0 Å². The highest BCUT2D eigenvalue weighted by Crippen LogP contribution is 2.28. The standard InChI is InChI=1S/C15H12N2O3/c1-20-13-4-2-3-11(9-16)14(13)17-15(19)10-5-7-12(18)8-6-10/h2-8,18H,1H3,(H,17,19). The van der Waals surface area contributed by atoms with E-state index in [-0.39, 0.29) is 11.7 Å². The van der Waals surface area contributed by atoms with Crippen molar-refractivity contribution in [1.82, 2.24) is 0 Å². The highest BCUT2D eigenvalue weighted by molar-refractivity contribution is 6.05. The van der Waals surface area contributed by atoms with Gasteiger partial charge in [0.2, 0.25) is 0 Å². The third-order valence-electron chi connectivity index (χ3n) is 2.73. The molecule has 0 bridgehead atoms. The van der Waals surface area contributed by atoms with Gasteiger partial charge in [-0.25, -0.2) is 0 Å². The topological polar surface area (TPSA) is 82.3 Å². The molecule has 0 aliphatic heterocycles. The Bertz CT molecular complexity index is 673. The first-order valence-electron chi connectivity index (χ1n) is 5.83. The third-order valence-corrected chi connectivity index (χ3v) is 2.73. The summed E-state index contributed by atoms with van der Waals surface area (Å²) in [5, 5.41) is 20.9. The molecule has 0 spiro atoms. The molecular weight excluding hydrogens is 256 g/mol. The zero-order valence-electron chi connectivity index (χ0n) is 10.8. The van der Waals surface area contributed by atoms with E-state index in [4.69, 9.17) is 10.00 Å². The van der Waals surface area contributed by atoms with Gasteiger partial charge in [0.1, 0.15) is 23.3 Å². The van der Waals surface area contributed by atoms with Crippen LogP contribution in [0.2, 0.25) is 0 Å². The maximum atomic E-state index is 12.1. The maximum absolute atomic E-state index is 12.1. The Morgan fingerprint density at radius 3 is 2.55 bits per heavy atom. The van der Waals surface area contributed by atoms with Crippen LogP contribution in [-0.4, -0.2) is 18.1 Å². The number of rotatable bonds is 3. The van der Waals surface area contributed by atoms with Crippen LogP contribution in [0.1, 0.15) is 15.9 Å². The Hall–Kier alpha value is -3.00. The summed E-state index contributed by atoms with van der Waals surface area (Å²) >= 11 is 0. The predicted octanol–water partition coefficient (Wildman–Crippen LogP) is 2.52. The quantitative estimate of drug-likeness (QED) is 0.896. The Morgan fingerprint density at radius 1 is 1.25 bits per heavy atom. The molecule has 0 saturated heterocycles. The zero-order valence-corrected chi connectivity index (χ0v) is 10.8. The van der Waals surface area contributed by atoms with Crippen molar-refractivity contribution >= 4 is 11.6 Å². The molecule has 0 aliphatic carbocycles. The normalized spacial score (nSPS) is 9.60. The van der Waals surface area contributed by atoms with E-state index >= 15 is 0 Å². The minimum Gasteiger partial charge on any atom is -0.508 e. The van der Waals surface area contributed by atoms with E-state index in [1.54, 1.807) is 18.2 Å². The van der Waals surface area contributed by atoms with Crippen molar-refractivity contribution in [2.24, 2.45) is 0 Å². The number of ether oxygens (including phenoxy) is 1. The second-order valence-electron chi connectivity index (χ2n) is 4.00. The molecule has 5 heteroatoms. The van der Waals surface area contributed by atoms with E-state index in [2.05, 4.69) is 5.32 Å². The minimum atomic E-state index is -0.383. The summed E-state index contributed by atoms with van der Waals surface area (Å²) in [6.45, 7) is 0. The van der Waals surface area contributed by atoms with E-state index in [9.17, 15) is 9.90 Å². The number of carbonyl (C=O) groups is 1. The Morgan fingerprint density at radius 2 is 1.95 bits per heavy atom. The molecule has 20 heavy (non-hydrogen) atoms. The van der Waals surface area contributed by atoms with E-state index in [1.807, 2.05) is 6.07 Å². The van der Waals surface area contributed by atoms with Crippen LogP contribution in [0, 0.1) is 11.3 Å². The number of hydrogen-bond acceptors (Lipinski definition) is 4. The highest BCUT2D eigenvalue weighted by Gasteiger charge is 2.13. The molecular formula is C15H12N2O3. The first kappa shape index (κ1) is 13.4. The molecule has 0 unspecified atom stereocenters. The number of amides is 1. The van der Waals surface area contributed by atoms with Gasteiger partial charge in [0.15, 0.2) is 0 Å². The second kappa shape index (κ2) is 5.76. The van der Waals surface area contributed by atoms with Crippen LogP contribution in [0.5, 0.6) is 11.5 Å². The molecule has 1 amide bonds.